The van der Waals surface area contributed by atoms with Crippen molar-refractivity contribution in [2.75, 3.05) is 0 Å². The average Bonchev–Trinajstić information content (AvgIpc) is 2.46. The number of carbonyl (C=O) groups is 1. The number of carboxylic acid groups (broad SMARTS) is 1. The molecule has 1 heterocycles. The van der Waals surface area contributed by atoms with Gasteiger partial charge in [-0.1, -0.05) is 12.1 Å². The molecule has 0 radical (unpaired) electrons. The Bertz CT molecular complexity index is 777. The lowest BCUT2D eigenvalue weighted by Gasteiger charge is -2.07. The van der Waals surface area contributed by atoms with Crippen molar-refractivity contribution in [3.8, 4) is 0 Å². The fourth-order valence-corrected chi connectivity index (χ4v) is 2.65. The summed E-state index contributed by atoms with van der Waals surface area (Å²) in [6.07, 6.45) is 1.17. The van der Waals surface area contributed by atoms with Gasteiger partial charge in [0.2, 0.25) is 5.03 Å². The third-order valence-corrected chi connectivity index (χ3v) is 3.95. The first-order chi connectivity index (χ1) is 9.90. The maximum Gasteiger partial charge on any atom is 0.335 e. The predicted molar refractivity (Wildman–Crippen MR) is 71.6 cm³/mol. The number of benzene rings is 1. The first kappa shape index (κ1) is 15.1. The molecule has 0 aliphatic heterocycles. The molecule has 2 rings (SSSR count). The third kappa shape index (κ3) is 3.61. The summed E-state index contributed by atoms with van der Waals surface area (Å²) in [4.78, 5) is 14.3. The van der Waals surface area contributed by atoms with Gasteiger partial charge in [0.05, 0.1) is 5.56 Å². The predicted octanol–water partition coefficient (Wildman–Crippen LogP) is 1.40. The highest BCUT2D eigenvalue weighted by atomic mass is 32.2. The first-order valence-corrected chi connectivity index (χ1v) is 7.31. The van der Waals surface area contributed by atoms with E-state index in [0.29, 0.717) is 5.56 Å². The van der Waals surface area contributed by atoms with Gasteiger partial charge in [-0.3, -0.25) is 0 Å². The van der Waals surface area contributed by atoms with E-state index in [2.05, 4.69) is 9.71 Å². The van der Waals surface area contributed by atoms with Crippen molar-refractivity contribution in [3.63, 3.8) is 0 Å². The lowest BCUT2D eigenvalue weighted by molar-refractivity contribution is 0.0696. The molecule has 1 aromatic heterocycles. The quantitative estimate of drug-likeness (QED) is 0.870. The van der Waals surface area contributed by atoms with E-state index in [9.17, 15) is 17.6 Å². The zero-order chi connectivity index (χ0) is 15.5. The highest BCUT2D eigenvalue weighted by molar-refractivity contribution is 7.89. The van der Waals surface area contributed by atoms with Crippen molar-refractivity contribution in [1.82, 2.24) is 9.71 Å². The van der Waals surface area contributed by atoms with Crippen molar-refractivity contribution in [1.29, 1.82) is 0 Å². The molecule has 0 unspecified atom stereocenters. The molecule has 0 saturated heterocycles. The van der Waals surface area contributed by atoms with E-state index in [0.717, 1.165) is 6.07 Å². The number of hydrogen-bond donors (Lipinski definition) is 2. The molecule has 0 spiro atoms. The van der Waals surface area contributed by atoms with E-state index in [1.54, 1.807) is 6.07 Å². The van der Waals surface area contributed by atoms with Crippen LogP contribution in [0.1, 0.15) is 15.9 Å². The summed E-state index contributed by atoms with van der Waals surface area (Å²) in [5, 5.41) is 8.16. The van der Waals surface area contributed by atoms with Crippen molar-refractivity contribution < 1.29 is 22.7 Å². The number of aromatic nitrogens is 1. The normalized spacial score (nSPS) is 11.3. The summed E-state index contributed by atoms with van der Waals surface area (Å²) in [6.45, 7) is -0.167. The Morgan fingerprint density at radius 1 is 1.29 bits per heavy atom. The number of rotatable bonds is 5. The van der Waals surface area contributed by atoms with Gasteiger partial charge in [-0.25, -0.2) is 27.3 Å². The molecule has 1 aromatic carbocycles. The molecule has 0 atom stereocenters. The molecule has 2 aromatic rings. The molecule has 0 bridgehead atoms. The Morgan fingerprint density at radius 3 is 2.71 bits per heavy atom. The highest BCUT2D eigenvalue weighted by Gasteiger charge is 2.20. The smallest absolute Gasteiger partial charge is 0.335 e. The second-order valence-electron chi connectivity index (χ2n) is 4.12. The molecule has 0 saturated carbocycles. The van der Waals surface area contributed by atoms with E-state index >= 15 is 0 Å². The van der Waals surface area contributed by atoms with E-state index in [4.69, 9.17) is 5.11 Å². The number of hydrogen-bond acceptors (Lipinski definition) is 4. The fourth-order valence-electron chi connectivity index (χ4n) is 1.63. The number of nitrogens with one attached hydrogen (secondary N) is 1. The van der Waals surface area contributed by atoms with Crippen molar-refractivity contribution >= 4 is 16.0 Å². The summed E-state index contributed by atoms with van der Waals surface area (Å²) in [6, 6.07) is 8.05. The second kappa shape index (κ2) is 5.98. The summed E-state index contributed by atoms with van der Waals surface area (Å²) < 4.78 is 39.4. The molecule has 6 nitrogen and oxygen atoms in total. The molecule has 2 N–H and O–H groups in total. The van der Waals surface area contributed by atoms with Crippen LogP contribution in [0.3, 0.4) is 0 Å². The highest BCUT2D eigenvalue weighted by Crippen LogP contribution is 2.11. The Balaban J connectivity index is 2.18. The van der Waals surface area contributed by atoms with Gasteiger partial charge in [0, 0.05) is 12.7 Å². The van der Waals surface area contributed by atoms with Gasteiger partial charge in [-0.05, 0) is 29.8 Å². The molecule has 110 valence electrons. The summed E-state index contributed by atoms with van der Waals surface area (Å²) in [5.41, 5.74) is 0.477. The van der Waals surface area contributed by atoms with Gasteiger partial charge in [0.1, 0.15) is 0 Å². The summed E-state index contributed by atoms with van der Waals surface area (Å²) >= 11 is 0. The van der Waals surface area contributed by atoms with Crippen LogP contribution in [0.25, 0.3) is 0 Å². The molecule has 0 aliphatic carbocycles. The minimum Gasteiger partial charge on any atom is -0.478 e. The van der Waals surface area contributed by atoms with Gasteiger partial charge < -0.3 is 5.11 Å². The minimum atomic E-state index is -4.11. The topological polar surface area (TPSA) is 96.4 Å². The maximum atomic E-state index is 13.4. The first-order valence-electron chi connectivity index (χ1n) is 5.82. The maximum absolute atomic E-state index is 13.4. The van der Waals surface area contributed by atoms with Gasteiger partial charge in [0.25, 0.3) is 10.0 Å². The van der Waals surface area contributed by atoms with Crippen LogP contribution < -0.4 is 4.72 Å². The van der Waals surface area contributed by atoms with Crippen LogP contribution in [0.15, 0.2) is 47.6 Å². The van der Waals surface area contributed by atoms with E-state index < -0.39 is 26.8 Å². The van der Waals surface area contributed by atoms with Crippen LogP contribution in [0.4, 0.5) is 4.39 Å². The van der Waals surface area contributed by atoms with Crippen molar-refractivity contribution in [2.24, 2.45) is 0 Å². The molecule has 8 heteroatoms. The van der Waals surface area contributed by atoms with Crippen LogP contribution in [-0.2, 0) is 16.6 Å². The second-order valence-corrected chi connectivity index (χ2v) is 5.80. The third-order valence-electron chi connectivity index (χ3n) is 2.62. The van der Waals surface area contributed by atoms with Crippen molar-refractivity contribution in [3.05, 3.63) is 59.5 Å². The van der Waals surface area contributed by atoms with Crippen LogP contribution in [0.5, 0.6) is 0 Å². The van der Waals surface area contributed by atoms with Gasteiger partial charge >= 0.3 is 5.97 Å². The molecule has 0 amide bonds. The summed E-state index contributed by atoms with van der Waals surface area (Å²) in [7, 11) is -4.11. The molecule has 21 heavy (non-hydrogen) atoms. The average molecular weight is 310 g/mol. The largest absolute Gasteiger partial charge is 0.478 e. The Kier molecular flexibility index (Phi) is 4.29. The molecule has 0 aliphatic rings. The van der Waals surface area contributed by atoms with Crippen LogP contribution in [-0.4, -0.2) is 24.5 Å². The summed E-state index contributed by atoms with van der Waals surface area (Å²) in [5.74, 6) is -2.07. The minimum absolute atomic E-state index is 0.0377. The standard InChI is InChI=1S/C13H11FN2O4S/c14-11-5-2-6-15-12(11)21(19,20)16-8-9-3-1-4-10(7-9)13(17)18/h1-7,16H,8H2,(H,17,18). The Hall–Kier alpha value is -2.32. The van der Waals surface area contributed by atoms with Crippen LogP contribution >= 0.6 is 0 Å². The number of pyridine rings is 1. The molecular weight excluding hydrogens is 299 g/mol. The van der Waals surface area contributed by atoms with Crippen molar-refractivity contribution in [2.45, 2.75) is 11.6 Å². The van der Waals surface area contributed by atoms with Crippen LogP contribution in [0, 0.1) is 5.82 Å². The monoisotopic (exact) mass is 310 g/mol. The fraction of sp³-hybridized carbons (Fsp3) is 0.0769. The Labute approximate surface area is 120 Å². The number of sulfonamides is 1. The Morgan fingerprint density at radius 2 is 2.05 bits per heavy atom. The van der Waals surface area contributed by atoms with Gasteiger partial charge in [-0.2, -0.15) is 0 Å². The van der Waals surface area contributed by atoms with E-state index in [-0.39, 0.29) is 12.1 Å². The number of nitrogens with zero attached hydrogens (tertiary/aromatic N) is 1. The zero-order valence-corrected chi connectivity index (χ0v) is 11.5. The SMILES string of the molecule is O=C(O)c1cccc(CNS(=O)(=O)c2ncccc2F)c1. The number of halogens is 1. The lowest BCUT2D eigenvalue weighted by Crippen LogP contribution is -2.25. The van der Waals surface area contributed by atoms with E-state index in [1.807, 2.05) is 0 Å². The zero-order valence-electron chi connectivity index (χ0n) is 10.7. The lowest BCUT2D eigenvalue weighted by atomic mass is 10.1. The van der Waals surface area contributed by atoms with Crippen LogP contribution in [0.2, 0.25) is 0 Å². The van der Waals surface area contributed by atoms with Gasteiger partial charge in [0.15, 0.2) is 5.82 Å². The van der Waals surface area contributed by atoms with E-state index in [1.165, 1.54) is 30.5 Å². The number of aromatic carboxylic acids is 1. The molecular formula is C13H11FN2O4S. The number of carboxylic acids is 1. The van der Waals surface area contributed by atoms with Gasteiger partial charge in [-0.15, -0.1) is 0 Å². The molecule has 0 fully saturated rings.